The summed E-state index contributed by atoms with van der Waals surface area (Å²) in [4.78, 5) is 6.84. The van der Waals surface area contributed by atoms with E-state index in [0.717, 1.165) is 86.2 Å². The lowest BCUT2D eigenvalue weighted by molar-refractivity contribution is 0.293. The van der Waals surface area contributed by atoms with Crippen molar-refractivity contribution in [2.24, 2.45) is 0 Å². The zero-order valence-corrected chi connectivity index (χ0v) is 34.3. The van der Waals surface area contributed by atoms with Crippen molar-refractivity contribution >= 4 is 142 Å². The Labute approximate surface area is 333 Å². The average Bonchev–Trinajstić information content (AvgIpc) is 3.89. The van der Waals surface area contributed by atoms with Crippen LogP contribution in [0.25, 0.3) is 0 Å². The maximum absolute atomic E-state index is 6.63. The molecule has 0 amide bonds. The molecule has 2 N–H and O–H groups in total. The van der Waals surface area contributed by atoms with E-state index in [4.69, 9.17) is 14.2 Å². The quantitative estimate of drug-likeness (QED) is 0.0917. The van der Waals surface area contributed by atoms with Gasteiger partial charge in [0.05, 0.1) is 110 Å². The number of rotatable bonds is 20. The molecule has 0 saturated carbocycles. The van der Waals surface area contributed by atoms with Crippen LogP contribution < -0.4 is 14.2 Å². The van der Waals surface area contributed by atoms with Crippen LogP contribution in [0.5, 0.6) is 17.2 Å². The highest BCUT2D eigenvalue weighted by Crippen LogP contribution is 2.42. The zero-order valence-electron chi connectivity index (χ0n) is 34.3. The summed E-state index contributed by atoms with van der Waals surface area (Å²) in [5, 5.41) is 0. The van der Waals surface area contributed by atoms with E-state index in [2.05, 4.69) is 154 Å². The Bertz CT molecular complexity index is 1640. The number of benzene rings is 2. The van der Waals surface area contributed by atoms with E-state index in [9.17, 15) is 0 Å². The minimum atomic E-state index is 0.0652. The van der Waals surface area contributed by atoms with Gasteiger partial charge >= 0.3 is 0 Å². The lowest BCUT2D eigenvalue weighted by Crippen LogP contribution is -2.63. The molecule has 2 saturated heterocycles. The zero-order chi connectivity index (χ0) is 37.8. The standard InChI is InChI=1S/C28H48B20N2O3/c29-41(30)45(37)47(43(33)34)39-14-21(39)17-52-24-10-19(11-25(13-24)53-18-22-15-40(22)48(44(35)36)46(38)42(31)32)16-51-23-5-1-4-20(12-23)28(26-6-2-8-49-26)27-7-3-9-50-27/h1-13,21-22,28,49-50H,14-18,29-38H2. The molecule has 53 heavy (non-hydrogen) atoms. The molecule has 0 spiro atoms. The van der Waals surface area contributed by atoms with Crippen molar-refractivity contribution in [2.75, 3.05) is 13.2 Å². The maximum atomic E-state index is 6.63. The van der Waals surface area contributed by atoms with E-state index in [0.29, 0.717) is 43.8 Å². The van der Waals surface area contributed by atoms with Crippen LogP contribution in [0, 0.1) is 0 Å². The van der Waals surface area contributed by atoms with Crippen molar-refractivity contribution in [3.05, 3.63) is 102 Å². The molecular formula is C28H48B20N2O3. The molecule has 0 bridgehead atoms. The molecule has 0 radical (unpaired) electrons. The number of nitrogens with one attached hydrogen (secondary N) is 2. The number of hydrogen-bond acceptors (Lipinski definition) is 3. The highest BCUT2D eigenvalue weighted by atomic mass is 16.5. The van der Waals surface area contributed by atoms with E-state index in [1.54, 1.807) is 0 Å². The van der Waals surface area contributed by atoms with Crippen molar-refractivity contribution in [1.29, 1.82) is 0 Å². The molecule has 248 valence electrons. The van der Waals surface area contributed by atoms with Crippen molar-refractivity contribution < 1.29 is 14.2 Å². The number of ether oxygens (including phenoxy) is 3. The molecule has 2 atom stereocenters. The second-order valence-electron chi connectivity index (χ2n) is 18.1. The Kier molecular flexibility index (Phi) is 13.8. The van der Waals surface area contributed by atoms with Gasteiger partial charge in [0, 0.05) is 80.9 Å². The smallest absolute Gasteiger partial charge is 0.123 e. The minimum absolute atomic E-state index is 0.0652. The molecule has 2 unspecified atom stereocenters. The van der Waals surface area contributed by atoms with Crippen LogP contribution in [-0.4, -0.2) is 165 Å². The van der Waals surface area contributed by atoms with Crippen LogP contribution in [0.15, 0.2) is 79.1 Å². The summed E-state index contributed by atoms with van der Waals surface area (Å²) in [6.45, 7) is 3.45. The monoisotopic (exact) mass is 681 g/mol. The Morgan fingerprint density at radius 2 is 1.09 bits per heavy atom. The molecular weight excluding hydrogens is 629 g/mol. The number of hydrogen-bond donors (Lipinski definition) is 2. The van der Waals surface area contributed by atoms with Crippen LogP contribution in [0.3, 0.4) is 0 Å². The molecule has 4 aromatic rings. The first kappa shape index (κ1) is 40.4. The summed E-state index contributed by atoms with van der Waals surface area (Å²) in [7, 11) is 24.0. The van der Waals surface area contributed by atoms with Crippen LogP contribution in [-0.2, 0) is 6.61 Å². The van der Waals surface area contributed by atoms with Crippen LogP contribution in [0.4, 0.5) is 0 Å². The lowest BCUT2D eigenvalue weighted by atomic mass is 8.57. The molecule has 0 aliphatic carbocycles. The van der Waals surface area contributed by atoms with Gasteiger partial charge in [-0.1, -0.05) is 24.8 Å². The Hall–Kier alpha value is -2.30. The van der Waals surface area contributed by atoms with E-state index in [1.165, 1.54) is 18.2 Å². The van der Waals surface area contributed by atoms with Crippen LogP contribution in [0.1, 0.15) is 28.4 Å². The fraction of sp³-hybridized carbons (Fsp3) is 0.286. The van der Waals surface area contributed by atoms with Crippen molar-refractivity contribution in [1.82, 2.24) is 9.97 Å². The third-order valence-electron chi connectivity index (χ3n) is 13.1. The topological polar surface area (TPSA) is 59.3 Å². The van der Waals surface area contributed by atoms with Gasteiger partial charge in [-0.25, -0.2) is 0 Å². The van der Waals surface area contributed by atoms with E-state index in [1.807, 2.05) is 12.4 Å². The normalized spacial score (nSPS) is 15.7. The van der Waals surface area contributed by atoms with E-state index >= 15 is 0 Å². The number of aromatic nitrogens is 2. The summed E-state index contributed by atoms with van der Waals surface area (Å²) in [5.41, 5.74) is 4.52. The van der Waals surface area contributed by atoms with Crippen molar-refractivity contribution in [3.63, 3.8) is 0 Å². The molecule has 2 aliphatic heterocycles. The van der Waals surface area contributed by atoms with Gasteiger partial charge in [-0.15, -0.1) is 0 Å². The molecule has 6 rings (SSSR count). The largest absolute Gasteiger partial charge is 0.494 e. The molecule has 5 nitrogen and oxygen atoms in total. The van der Waals surface area contributed by atoms with Gasteiger partial charge in [0.2, 0.25) is 0 Å². The van der Waals surface area contributed by atoms with Gasteiger partial charge in [-0.2, -0.15) is 0 Å². The van der Waals surface area contributed by atoms with Crippen molar-refractivity contribution in [3.8, 4) is 17.2 Å². The molecule has 2 aromatic carbocycles. The van der Waals surface area contributed by atoms with Crippen LogP contribution in [0.2, 0.25) is 24.3 Å². The second-order valence-corrected chi connectivity index (χ2v) is 18.1. The Balaban J connectivity index is 1.16. The minimum Gasteiger partial charge on any atom is -0.494 e. The molecule has 2 aromatic heterocycles. The van der Waals surface area contributed by atoms with Crippen molar-refractivity contribution in [2.45, 2.75) is 36.8 Å². The SMILES string of the molecule is BB(B)B(B)B(B(B)B)B1CC1COc1cc(COc2cccc(C(c3ccc[nH]3)c3ccc[nH]3)c2)cc(OCC2CB2B(B(B)B)B(B)B(B)B)c1. The summed E-state index contributed by atoms with van der Waals surface area (Å²) < 4.78 is 19.8. The predicted molar refractivity (Wildman–Crippen MR) is 271 cm³/mol. The first-order valence-corrected chi connectivity index (χ1v) is 20.8. The summed E-state index contributed by atoms with van der Waals surface area (Å²) in [6.07, 6.45) is 12.2. The van der Waals surface area contributed by atoms with Gasteiger partial charge in [0.1, 0.15) is 23.9 Å². The third kappa shape index (κ3) is 10.3. The number of aromatic amines is 2. The fourth-order valence-corrected chi connectivity index (χ4v) is 9.55. The predicted octanol–water partition coefficient (Wildman–Crippen LogP) is -6.50. The summed E-state index contributed by atoms with van der Waals surface area (Å²) >= 11 is 0. The molecule has 2 aliphatic rings. The molecule has 2 fully saturated rings. The third-order valence-corrected chi connectivity index (χ3v) is 13.1. The Morgan fingerprint density at radius 1 is 0.585 bits per heavy atom. The van der Waals surface area contributed by atoms with Crippen LogP contribution >= 0.6 is 0 Å². The first-order valence-electron chi connectivity index (χ1n) is 20.8. The van der Waals surface area contributed by atoms with Gasteiger partial charge in [-0.3, -0.25) is 0 Å². The van der Waals surface area contributed by atoms with Gasteiger partial charge in [0.25, 0.3) is 0 Å². The Morgan fingerprint density at radius 3 is 1.53 bits per heavy atom. The van der Waals surface area contributed by atoms with E-state index < -0.39 is 0 Å². The molecule has 4 heterocycles. The highest BCUT2D eigenvalue weighted by Gasteiger charge is 2.52. The highest BCUT2D eigenvalue weighted by molar-refractivity contribution is 8.01. The lowest BCUT2D eigenvalue weighted by Gasteiger charge is -2.24. The van der Waals surface area contributed by atoms with Gasteiger partial charge in [0.15, 0.2) is 0 Å². The number of H-pyrrole nitrogens is 2. The first-order chi connectivity index (χ1) is 25.4. The fourth-order valence-electron chi connectivity index (χ4n) is 9.55. The summed E-state index contributed by atoms with van der Waals surface area (Å²) in [5.74, 6) is 3.92. The van der Waals surface area contributed by atoms with Gasteiger partial charge < -0.3 is 24.2 Å². The average molecular weight is 677 g/mol. The molecule has 25 heteroatoms. The second kappa shape index (κ2) is 18.1. The van der Waals surface area contributed by atoms with Gasteiger partial charge in [-0.05, 0) is 71.3 Å². The van der Waals surface area contributed by atoms with E-state index in [-0.39, 0.29) is 5.92 Å². The maximum Gasteiger partial charge on any atom is 0.123 e. The summed E-state index contributed by atoms with van der Waals surface area (Å²) in [6, 6.07) is 23.3.